The number of aldehydes is 1. The molecule has 3 atom stereocenters. The molecule has 2 rings (SSSR count). The van der Waals surface area contributed by atoms with Crippen molar-refractivity contribution in [3.8, 4) is 0 Å². The molecule has 120 valence electrons. The first-order valence-corrected chi connectivity index (χ1v) is 8.78. The molecule has 0 aromatic heterocycles. The number of ether oxygens (including phenoxy) is 1. The van der Waals surface area contributed by atoms with Gasteiger partial charge in [-0.05, 0) is 24.8 Å². The maximum Gasteiger partial charge on any atom is 0.228 e. The molecule has 1 aromatic rings. The minimum atomic E-state index is -0.743. The Balaban J connectivity index is 2.08. The zero-order valence-corrected chi connectivity index (χ0v) is 14.4. The summed E-state index contributed by atoms with van der Waals surface area (Å²) in [6.07, 6.45) is 2.44. The summed E-state index contributed by atoms with van der Waals surface area (Å²) in [5, 5.41) is 0.881. The van der Waals surface area contributed by atoms with Crippen LogP contribution in [0.25, 0.3) is 0 Å². The van der Waals surface area contributed by atoms with E-state index in [0.717, 1.165) is 30.0 Å². The highest BCUT2D eigenvalue weighted by Crippen LogP contribution is 2.23. The lowest BCUT2D eigenvalue weighted by Crippen LogP contribution is -2.46. The SMILES string of the molecule is C[C@@H](CCCBr)C(=O)N1C(C=O)OC[C@@H]1Cc1ccccc1. The van der Waals surface area contributed by atoms with Crippen molar-refractivity contribution in [2.45, 2.75) is 38.5 Å². The summed E-state index contributed by atoms with van der Waals surface area (Å²) in [4.78, 5) is 25.6. The van der Waals surface area contributed by atoms with E-state index in [1.165, 1.54) is 0 Å². The minimum Gasteiger partial charge on any atom is -0.349 e. The smallest absolute Gasteiger partial charge is 0.228 e. The fourth-order valence-electron chi connectivity index (χ4n) is 2.79. The number of carbonyl (C=O) groups excluding carboxylic acids is 2. The first-order chi connectivity index (χ1) is 10.7. The third-order valence-electron chi connectivity index (χ3n) is 4.00. The predicted octanol–water partition coefficient (Wildman–Crippen LogP) is 2.79. The average Bonchev–Trinajstić information content (AvgIpc) is 2.95. The normalized spacial score (nSPS) is 22.5. The van der Waals surface area contributed by atoms with E-state index in [-0.39, 0.29) is 17.9 Å². The number of benzene rings is 1. The van der Waals surface area contributed by atoms with Gasteiger partial charge in [-0.1, -0.05) is 53.2 Å². The van der Waals surface area contributed by atoms with Crippen molar-refractivity contribution < 1.29 is 14.3 Å². The fraction of sp³-hybridized carbons (Fsp3) is 0.529. The van der Waals surface area contributed by atoms with Gasteiger partial charge in [0.2, 0.25) is 5.91 Å². The van der Waals surface area contributed by atoms with Crippen LogP contribution in [0, 0.1) is 5.92 Å². The van der Waals surface area contributed by atoms with Crippen LogP contribution in [-0.4, -0.2) is 41.3 Å². The molecule has 0 radical (unpaired) electrons. The molecule has 0 spiro atoms. The standard InChI is InChI=1S/C17H22BrNO3/c1-13(6-5-9-18)17(21)19-15(12-22-16(19)11-20)10-14-7-3-2-4-8-14/h2-4,7-8,11,13,15-16H,5-6,9-10,12H2,1H3/t13-,15-,16?/m0/s1. The Morgan fingerprint density at radius 2 is 2.18 bits per heavy atom. The molecule has 0 N–H and O–H groups in total. The van der Waals surface area contributed by atoms with E-state index < -0.39 is 6.23 Å². The van der Waals surface area contributed by atoms with Gasteiger partial charge in [-0.15, -0.1) is 0 Å². The number of rotatable bonds is 7. The summed E-state index contributed by atoms with van der Waals surface area (Å²) in [5.41, 5.74) is 1.15. The Kier molecular flexibility index (Phi) is 6.58. The van der Waals surface area contributed by atoms with Gasteiger partial charge in [-0.2, -0.15) is 0 Å². The summed E-state index contributed by atoms with van der Waals surface area (Å²) in [6.45, 7) is 2.33. The summed E-state index contributed by atoms with van der Waals surface area (Å²) in [5.74, 6) is -0.0866. The highest BCUT2D eigenvalue weighted by atomic mass is 79.9. The molecule has 1 unspecified atom stereocenters. The lowest BCUT2D eigenvalue weighted by Gasteiger charge is -2.28. The molecule has 1 fully saturated rings. The van der Waals surface area contributed by atoms with Crippen LogP contribution in [0.15, 0.2) is 30.3 Å². The van der Waals surface area contributed by atoms with Crippen molar-refractivity contribution >= 4 is 28.1 Å². The number of halogens is 1. The first kappa shape index (κ1) is 17.2. The number of carbonyl (C=O) groups is 2. The maximum atomic E-state index is 12.7. The van der Waals surface area contributed by atoms with Crippen LogP contribution >= 0.6 is 15.9 Å². The summed E-state index contributed by atoms with van der Waals surface area (Å²) in [7, 11) is 0. The van der Waals surface area contributed by atoms with Crippen LogP contribution < -0.4 is 0 Å². The van der Waals surface area contributed by atoms with E-state index in [0.29, 0.717) is 13.0 Å². The van der Waals surface area contributed by atoms with Crippen LogP contribution in [0.4, 0.5) is 0 Å². The van der Waals surface area contributed by atoms with Crippen molar-refractivity contribution in [2.75, 3.05) is 11.9 Å². The Bertz CT molecular complexity index is 494. The molecule has 0 saturated carbocycles. The monoisotopic (exact) mass is 367 g/mol. The van der Waals surface area contributed by atoms with Crippen LogP contribution in [0.2, 0.25) is 0 Å². The molecule has 1 aliphatic heterocycles. The van der Waals surface area contributed by atoms with E-state index >= 15 is 0 Å². The highest BCUT2D eigenvalue weighted by molar-refractivity contribution is 9.09. The van der Waals surface area contributed by atoms with E-state index in [1.54, 1.807) is 4.90 Å². The van der Waals surface area contributed by atoms with Gasteiger partial charge < -0.3 is 9.64 Å². The van der Waals surface area contributed by atoms with Crippen molar-refractivity contribution in [1.29, 1.82) is 0 Å². The van der Waals surface area contributed by atoms with Gasteiger partial charge in [0, 0.05) is 11.2 Å². The van der Waals surface area contributed by atoms with Crippen LogP contribution in [-0.2, 0) is 20.7 Å². The predicted molar refractivity (Wildman–Crippen MR) is 88.8 cm³/mol. The van der Waals surface area contributed by atoms with E-state index in [9.17, 15) is 9.59 Å². The van der Waals surface area contributed by atoms with Crippen LogP contribution in [0.5, 0.6) is 0 Å². The van der Waals surface area contributed by atoms with Crippen molar-refractivity contribution in [1.82, 2.24) is 4.90 Å². The van der Waals surface area contributed by atoms with Crippen molar-refractivity contribution in [3.05, 3.63) is 35.9 Å². The van der Waals surface area contributed by atoms with Gasteiger partial charge in [0.15, 0.2) is 12.5 Å². The van der Waals surface area contributed by atoms with E-state index in [4.69, 9.17) is 4.74 Å². The lowest BCUT2D eigenvalue weighted by atomic mass is 10.0. The largest absolute Gasteiger partial charge is 0.349 e. The van der Waals surface area contributed by atoms with Crippen molar-refractivity contribution in [2.24, 2.45) is 5.92 Å². The molecule has 0 aliphatic carbocycles. The molecular weight excluding hydrogens is 346 g/mol. The van der Waals surface area contributed by atoms with Crippen molar-refractivity contribution in [3.63, 3.8) is 0 Å². The molecule has 1 aliphatic rings. The van der Waals surface area contributed by atoms with Gasteiger partial charge in [0.05, 0.1) is 12.6 Å². The fourth-order valence-corrected chi connectivity index (χ4v) is 3.12. The van der Waals surface area contributed by atoms with Gasteiger partial charge in [0.25, 0.3) is 0 Å². The molecule has 1 heterocycles. The topological polar surface area (TPSA) is 46.6 Å². The molecule has 1 saturated heterocycles. The third-order valence-corrected chi connectivity index (χ3v) is 4.57. The molecule has 1 amide bonds. The molecule has 1 aromatic carbocycles. The second-order valence-corrected chi connectivity index (χ2v) is 6.47. The van der Waals surface area contributed by atoms with Crippen LogP contribution in [0.1, 0.15) is 25.3 Å². The Morgan fingerprint density at radius 1 is 1.45 bits per heavy atom. The summed E-state index contributed by atoms with van der Waals surface area (Å²) >= 11 is 3.39. The van der Waals surface area contributed by atoms with E-state index in [2.05, 4.69) is 15.9 Å². The number of hydrogen-bond donors (Lipinski definition) is 0. The Hall–Kier alpha value is -1.20. The number of amides is 1. The highest BCUT2D eigenvalue weighted by Gasteiger charge is 2.39. The van der Waals surface area contributed by atoms with Gasteiger partial charge in [-0.3, -0.25) is 9.59 Å². The number of hydrogen-bond acceptors (Lipinski definition) is 3. The third kappa shape index (κ3) is 4.17. The quantitative estimate of drug-likeness (QED) is 0.549. The van der Waals surface area contributed by atoms with Gasteiger partial charge in [0.1, 0.15) is 0 Å². The first-order valence-electron chi connectivity index (χ1n) is 7.66. The average molecular weight is 368 g/mol. The molecule has 22 heavy (non-hydrogen) atoms. The Morgan fingerprint density at radius 3 is 2.82 bits per heavy atom. The summed E-state index contributed by atoms with van der Waals surface area (Å²) < 4.78 is 5.50. The Labute approximate surface area is 140 Å². The lowest BCUT2D eigenvalue weighted by molar-refractivity contribution is -0.145. The molecule has 5 heteroatoms. The van der Waals surface area contributed by atoms with E-state index in [1.807, 2.05) is 37.3 Å². The van der Waals surface area contributed by atoms with Crippen LogP contribution in [0.3, 0.4) is 0 Å². The van der Waals surface area contributed by atoms with Gasteiger partial charge >= 0.3 is 0 Å². The minimum absolute atomic E-state index is 0.0106. The number of alkyl halides is 1. The zero-order chi connectivity index (χ0) is 15.9. The maximum absolute atomic E-state index is 12.7. The molecule has 4 nitrogen and oxygen atoms in total. The number of nitrogens with zero attached hydrogens (tertiary/aromatic N) is 1. The second-order valence-electron chi connectivity index (χ2n) is 5.68. The summed E-state index contributed by atoms with van der Waals surface area (Å²) in [6, 6.07) is 9.92. The molecule has 0 bridgehead atoms. The second kappa shape index (κ2) is 8.44. The zero-order valence-electron chi connectivity index (χ0n) is 12.8. The molecular formula is C17H22BrNO3. The van der Waals surface area contributed by atoms with Gasteiger partial charge in [-0.25, -0.2) is 0 Å².